The van der Waals surface area contributed by atoms with E-state index in [4.69, 9.17) is 10.5 Å². The first-order chi connectivity index (χ1) is 10.7. The number of guanidine groups is 1. The molecule has 15 heteroatoms. The van der Waals surface area contributed by atoms with Crippen LogP contribution in [0.5, 0.6) is 0 Å². The van der Waals surface area contributed by atoms with Gasteiger partial charge in [-0.1, -0.05) is 0 Å². The number of aliphatic hydroxyl groups excluding tert-OH is 1. The number of carbonyl (C=O) groups is 1. The summed E-state index contributed by atoms with van der Waals surface area (Å²) < 4.78 is 20.1. The van der Waals surface area contributed by atoms with Gasteiger partial charge in [0.1, 0.15) is 12.3 Å². The van der Waals surface area contributed by atoms with Crippen molar-refractivity contribution in [1.82, 2.24) is 4.90 Å². The van der Waals surface area contributed by atoms with Crippen LogP contribution in [0.1, 0.15) is 6.42 Å². The summed E-state index contributed by atoms with van der Waals surface area (Å²) in [4.78, 5) is 45.5. The van der Waals surface area contributed by atoms with Crippen molar-refractivity contribution in [2.45, 2.75) is 30.9 Å². The molecule has 0 radical (unpaired) electrons. The van der Waals surface area contributed by atoms with Crippen LogP contribution in [-0.2, 0) is 18.6 Å². The molecular formula is C10H12N5Na2O7P. The van der Waals surface area contributed by atoms with E-state index < -0.39 is 44.8 Å². The quantitative estimate of drug-likeness (QED) is 0.347. The third kappa shape index (κ3) is 5.41. The Morgan fingerprint density at radius 3 is 2.76 bits per heavy atom. The van der Waals surface area contributed by atoms with Crippen LogP contribution in [0.4, 0.5) is 0 Å². The summed E-state index contributed by atoms with van der Waals surface area (Å²) >= 11 is 0. The van der Waals surface area contributed by atoms with Crippen LogP contribution < -0.4 is 74.6 Å². The molecule has 0 aromatic heterocycles. The molecule has 25 heavy (non-hydrogen) atoms. The van der Waals surface area contributed by atoms with Gasteiger partial charge < -0.3 is 34.5 Å². The minimum atomic E-state index is -5.16. The normalized spacial score (nSPS) is 31.0. The molecular weight excluding hydrogens is 379 g/mol. The number of hydrogen-bond acceptors (Lipinski definition) is 11. The molecule has 0 bridgehead atoms. The van der Waals surface area contributed by atoms with Gasteiger partial charge in [-0.3, -0.25) is 14.7 Å². The largest absolute Gasteiger partial charge is 1.00 e. The van der Waals surface area contributed by atoms with Gasteiger partial charge in [-0.25, -0.2) is 0 Å². The Morgan fingerprint density at radius 1 is 1.44 bits per heavy atom. The Balaban J connectivity index is 0.00000156. The number of amides is 1. The van der Waals surface area contributed by atoms with Crippen molar-refractivity contribution in [3.05, 3.63) is 0 Å². The summed E-state index contributed by atoms with van der Waals surface area (Å²) in [5.74, 6) is -0.572. The molecule has 0 aliphatic carbocycles. The van der Waals surface area contributed by atoms with Crippen molar-refractivity contribution >= 4 is 31.9 Å². The molecule has 4 atom stereocenters. The Kier molecular flexibility index (Phi) is 8.41. The van der Waals surface area contributed by atoms with E-state index in [0.29, 0.717) is 0 Å². The molecule has 1 fully saturated rings. The van der Waals surface area contributed by atoms with Gasteiger partial charge in [0.15, 0.2) is 11.9 Å². The van der Waals surface area contributed by atoms with Crippen molar-refractivity contribution in [2.75, 3.05) is 6.61 Å². The van der Waals surface area contributed by atoms with Crippen molar-refractivity contribution < 1.29 is 92.6 Å². The third-order valence-corrected chi connectivity index (χ3v) is 3.91. The van der Waals surface area contributed by atoms with Crippen molar-refractivity contribution in [1.29, 1.82) is 0 Å². The number of phosphoric acid groups is 1. The topological polar surface area (TPSA) is 185 Å². The number of nitrogens with two attached hydrogens (primary N) is 1. The van der Waals surface area contributed by atoms with Gasteiger partial charge in [-0.15, -0.1) is 0 Å². The Labute approximate surface area is 186 Å². The molecule has 3 N–H and O–H groups in total. The van der Waals surface area contributed by atoms with Gasteiger partial charge >= 0.3 is 59.1 Å². The summed E-state index contributed by atoms with van der Waals surface area (Å²) in [6.45, 7) is -0.606. The van der Waals surface area contributed by atoms with E-state index in [0.717, 1.165) is 0 Å². The number of aliphatic imine (C=N–C) groups is 3. The molecule has 0 saturated carbocycles. The van der Waals surface area contributed by atoms with Crippen LogP contribution in [0.25, 0.3) is 0 Å². The van der Waals surface area contributed by atoms with E-state index in [1.807, 2.05) is 0 Å². The molecule has 0 aromatic carbocycles. The van der Waals surface area contributed by atoms with Crippen molar-refractivity contribution in [3.63, 3.8) is 0 Å². The molecule has 1 saturated heterocycles. The Bertz CT molecular complexity index is 668. The predicted molar refractivity (Wildman–Crippen MR) is 71.0 cm³/mol. The summed E-state index contributed by atoms with van der Waals surface area (Å²) in [5.41, 5.74) is 5.44. The average Bonchev–Trinajstić information content (AvgIpc) is 2.99. The number of hydrogen-bond donors (Lipinski definition) is 2. The van der Waals surface area contributed by atoms with Gasteiger partial charge in [0.05, 0.1) is 26.9 Å². The zero-order chi connectivity index (χ0) is 16.8. The third-order valence-electron chi connectivity index (χ3n) is 3.45. The van der Waals surface area contributed by atoms with Crippen LogP contribution in [0, 0.1) is 0 Å². The molecule has 1 unspecified atom stereocenters. The monoisotopic (exact) mass is 391 g/mol. The molecule has 3 aliphatic rings. The summed E-state index contributed by atoms with van der Waals surface area (Å²) in [6.07, 6.45) is -1.47. The molecule has 0 spiro atoms. The molecule has 3 aliphatic heterocycles. The number of carbonyl (C=O) groups excluding carboxylic acids is 1. The fraction of sp³-hybridized carbons (Fsp3) is 0.600. The SMILES string of the molecule is NC1=NC(=O)C2N=CN([C@H]3C[C@H](O)[C@@H](COP(=O)([O-])[O-])O3)C2=N1.[Na+].[Na+]. The first-order valence-corrected chi connectivity index (χ1v) is 7.99. The minimum absolute atomic E-state index is 0. The predicted octanol–water partition coefficient (Wildman–Crippen LogP) is -9.72. The van der Waals surface area contributed by atoms with E-state index in [9.17, 15) is 24.3 Å². The zero-order valence-corrected chi connectivity index (χ0v) is 18.4. The molecule has 3 heterocycles. The number of rotatable bonds is 4. The van der Waals surface area contributed by atoms with Crippen LogP contribution >= 0.6 is 7.82 Å². The van der Waals surface area contributed by atoms with E-state index >= 15 is 0 Å². The second kappa shape index (κ2) is 9.00. The maximum atomic E-state index is 11.7. The van der Waals surface area contributed by atoms with E-state index in [1.165, 1.54) is 11.2 Å². The molecule has 12 nitrogen and oxygen atoms in total. The minimum Gasteiger partial charge on any atom is -0.790 e. The van der Waals surface area contributed by atoms with Crippen LogP contribution in [-0.4, -0.2) is 65.1 Å². The fourth-order valence-electron chi connectivity index (χ4n) is 2.44. The fourth-order valence-corrected chi connectivity index (χ4v) is 2.77. The van der Waals surface area contributed by atoms with Crippen LogP contribution in [0.15, 0.2) is 15.0 Å². The molecule has 3 rings (SSSR count). The average molecular weight is 391 g/mol. The van der Waals surface area contributed by atoms with Gasteiger partial charge in [0, 0.05) is 6.42 Å². The number of amidine groups is 1. The smallest absolute Gasteiger partial charge is 0.790 e. The first kappa shape index (κ1) is 23.3. The van der Waals surface area contributed by atoms with Crippen molar-refractivity contribution in [2.24, 2.45) is 20.7 Å². The number of ether oxygens (including phenoxy) is 1. The van der Waals surface area contributed by atoms with Gasteiger partial charge in [-0.05, 0) is 0 Å². The van der Waals surface area contributed by atoms with Gasteiger partial charge in [0.2, 0.25) is 5.96 Å². The number of aliphatic hydroxyl groups is 1. The van der Waals surface area contributed by atoms with E-state index in [1.54, 1.807) is 0 Å². The standard InChI is InChI=1S/C10H14N5O7P.2Na/c11-10-13-8-7(9(17)14-10)12-3-15(8)6-1-4(16)5(22-6)2-21-23(18,19)20;;/h3-7,16H,1-2H2,(H2,11,14,17)(H2,18,19,20);;/q;2*+1/p-2/t4-,5+,6+,7?;;/m0../s1. The summed E-state index contributed by atoms with van der Waals surface area (Å²) in [7, 11) is -5.16. The maximum Gasteiger partial charge on any atom is 1.00 e. The van der Waals surface area contributed by atoms with Crippen LogP contribution in [0.3, 0.4) is 0 Å². The van der Waals surface area contributed by atoms with Gasteiger partial charge in [-0.2, -0.15) is 9.98 Å². The number of nitrogens with zero attached hydrogens (tertiary/aromatic N) is 4. The molecule has 1 amide bonds. The Hall–Kier alpha value is 0.310. The van der Waals surface area contributed by atoms with Crippen LogP contribution in [0.2, 0.25) is 0 Å². The maximum absolute atomic E-state index is 11.7. The number of phosphoric ester groups is 1. The number of fused-ring (bicyclic) bond motifs is 1. The van der Waals surface area contributed by atoms with E-state index in [-0.39, 0.29) is 77.3 Å². The molecule has 0 aromatic rings. The second-order valence-corrected chi connectivity index (χ2v) is 6.18. The molecule has 126 valence electrons. The first-order valence-electron chi connectivity index (χ1n) is 6.53. The second-order valence-electron chi connectivity index (χ2n) is 5.03. The summed E-state index contributed by atoms with van der Waals surface area (Å²) in [6, 6.07) is -0.915. The van der Waals surface area contributed by atoms with E-state index in [2.05, 4.69) is 19.5 Å². The summed E-state index contributed by atoms with van der Waals surface area (Å²) in [5, 5.41) is 9.89. The van der Waals surface area contributed by atoms with Crippen molar-refractivity contribution in [3.8, 4) is 0 Å². The zero-order valence-electron chi connectivity index (χ0n) is 13.5. The Morgan fingerprint density at radius 2 is 2.12 bits per heavy atom. The van der Waals surface area contributed by atoms with Gasteiger partial charge in [0.25, 0.3) is 5.91 Å².